The monoisotopic (exact) mass is 182 g/mol. The number of amides is 1. The summed E-state index contributed by atoms with van der Waals surface area (Å²) in [5, 5.41) is 6.32. The van der Waals surface area contributed by atoms with Crippen LogP contribution in [0.3, 0.4) is 0 Å². The van der Waals surface area contributed by atoms with Gasteiger partial charge in [0.25, 0.3) is 0 Å². The summed E-state index contributed by atoms with van der Waals surface area (Å²) in [6, 6.07) is 0. The number of carbonyl (C=O) groups excluding carboxylic acids is 1. The molecule has 1 heterocycles. The van der Waals surface area contributed by atoms with E-state index in [-0.39, 0.29) is 11.4 Å². The van der Waals surface area contributed by atoms with Crippen molar-refractivity contribution < 1.29 is 4.79 Å². The topological polar surface area (TPSA) is 41.1 Å². The van der Waals surface area contributed by atoms with Crippen molar-refractivity contribution in [3.8, 4) is 0 Å². The highest BCUT2D eigenvalue weighted by Gasteiger charge is 2.27. The fraction of sp³-hybridized carbons (Fsp3) is 0.700. The van der Waals surface area contributed by atoms with Gasteiger partial charge in [-0.15, -0.1) is 6.58 Å². The number of rotatable bonds is 3. The minimum atomic E-state index is -0.00859. The highest BCUT2D eigenvalue weighted by atomic mass is 16.1. The Labute approximate surface area is 79.6 Å². The van der Waals surface area contributed by atoms with E-state index in [9.17, 15) is 4.79 Å². The molecule has 1 aliphatic heterocycles. The molecule has 1 aliphatic rings. The van der Waals surface area contributed by atoms with Gasteiger partial charge < -0.3 is 10.6 Å². The summed E-state index contributed by atoms with van der Waals surface area (Å²) in [4.78, 5) is 11.3. The molecule has 0 aromatic rings. The van der Waals surface area contributed by atoms with Crippen LogP contribution in [-0.4, -0.2) is 24.5 Å². The first-order valence-electron chi connectivity index (χ1n) is 4.79. The Bertz CT molecular complexity index is 195. The van der Waals surface area contributed by atoms with Crippen LogP contribution < -0.4 is 10.6 Å². The number of carbonyl (C=O) groups is 1. The lowest BCUT2D eigenvalue weighted by Crippen LogP contribution is -2.52. The normalized spacial score (nSPS) is 20.7. The maximum Gasteiger partial charge on any atom is 0.224 e. The molecule has 0 unspecified atom stereocenters. The minimum absolute atomic E-state index is 0.00859. The van der Waals surface area contributed by atoms with E-state index in [1.165, 1.54) is 0 Å². The number of piperidine rings is 1. The van der Waals surface area contributed by atoms with E-state index in [0.29, 0.717) is 6.42 Å². The van der Waals surface area contributed by atoms with Gasteiger partial charge in [0.1, 0.15) is 0 Å². The second kappa shape index (κ2) is 4.42. The van der Waals surface area contributed by atoms with Gasteiger partial charge >= 0.3 is 0 Å². The molecule has 0 saturated carbocycles. The van der Waals surface area contributed by atoms with Crippen LogP contribution >= 0.6 is 0 Å². The first-order chi connectivity index (χ1) is 6.16. The van der Waals surface area contributed by atoms with Crippen molar-refractivity contribution in [3.63, 3.8) is 0 Å². The van der Waals surface area contributed by atoms with E-state index in [1.807, 2.05) is 0 Å². The van der Waals surface area contributed by atoms with Gasteiger partial charge in [-0.1, -0.05) is 6.08 Å². The average Bonchev–Trinajstić information content (AvgIpc) is 2.04. The maximum atomic E-state index is 11.3. The van der Waals surface area contributed by atoms with Crippen LogP contribution in [0, 0.1) is 0 Å². The largest absolute Gasteiger partial charge is 0.351 e. The molecule has 2 N–H and O–H groups in total. The Morgan fingerprint density at radius 1 is 1.62 bits per heavy atom. The number of nitrogens with one attached hydrogen (secondary N) is 2. The first-order valence-corrected chi connectivity index (χ1v) is 4.79. The zero-order valence-corrected chi connectivity index (χ0v) is 8.23. The van der Waals surface area contributed by atoms with Crippen molar-refractivity contribution >= 4 is 5.91 Å². The molecule has 3 nitrogen and oxygen atoms in total. The highest BCUT2D eigenvalue weighted by molar-refractivity contribution is 5.78. The summed E-state index contributed by atoms with van der Waals surface area (Å²) in [6.07, 6.45) is 4.08. The zero-order chi connectivity index (χ0) is 9.73. The second-order valence-corrected chi connectivity index (χ2v) is 3.85. The molecule has 74 valence electrons. The molecule has 13 heavy (non-hydrogen) atoms. The SMILES string of the molecule is C=CCC(=O)NC1(C)CCNCC1. The van der Waals surface area contributed by atoms with E-state index in [4.69, 9.17) is 0 Å². The minimum Gasteiger partial charge on any atom is -0.351 e. The van der Waals surface area contributed by atoms with Crippen LogP contribution in [0.15, 0.2) is 12.7 Å². The van der Waals surface area contributed by atoms with Crippen molar-refractivity contribution in [2.75, 3.05) is 13.1 Å². The Morgan fingerprint density at radius 3 is 2.77 bits per heavy atom. The van der Waals surface area contributed by atoms with Crippen molar-refractivity contribution in [3.05, 3.63) is 12.7 Å². The highest BCUT2D eigenvalue weighted by Crippen LogP contribution is 2.16. The molecule has 1 saturated heterocycles. The fourth-order valence-corrected chi connectivity index (χ4v) is 1.62. The molecule has 1 rings (SSSR count). The van der Waals surface area contributed by atoms with E-state index in [2.05, 4.69) is 24.1 Å². The van der Waals surface area contributed by atoms with Crippen LogP contribution in [0.2, 0.25) is 0 Å². The van der Waals surface area contributed by atoms with Gasteiger partial charge in [-0.2, -0.15) is 0 Å². The summed E-state index contributed by atoms with van der Waals surface area (Å²) in [7, 11) is 0. The van der Waals surface area contributed by atoms with Crippen molar-refractivity contribution in [1.29, 1.82) is 0 Å². The maximum absolute atomic E-state index is 11.3. The Kier molecular flexibility index (Phi) is 3.48. The smallest absolute Gasteiger partial charge is 0.224 e. The predicted octanol–water partition coefficient (Wildman–Crippen LogP) is 0.821. The molecule has 0 radical (unpaired) electrons. The summed E-state index contributed by atoms with van der Waals surface area (Å²) >= 11 is 0. The lowest BCUT2D eigenvalue weighted by molar-refractivity contribution is -0.122. The van der Waals surface area contributed by atoms with Crippen molar-refractivity contribution in [2.45, 2.75) is 31.7 Å². The van der Waals surface area contributed by atoms with Crippen LogP contribution in [0.4, 0.5) is 0 Å². The molecule has 3 heteroatoms. The Balaban J connectivity index is 2.40. The molecule has 1 amide bonds. The fourth-order valence-electron chi connectivity index (χ4n) is 1.62. The van der Waals surface area contributed by atoms with E-state index < -0.39 is 0 Å². The number of hydrogen-bond acceptors (Lipinski definition) is 2. The summed E-state index contributed by atoms with van der Waals surface area (Å²) in [6.45, 7) is 7.63. The van der Waals surface area contributed by atoms with Gasteiger partial charge in [0, 0.05) is 12.0 Å². The second-order valence-electron chi connectivity index (χ2n) is 3.85. The summed E-state index contributed by atoms with van der Waals surface area (Å²) < 4.78 is 0. The van der Waals surface area contributed by atoms with Crippen molar-refractivity contribution in [2.24, 2.45) is 0 Å². The molecule has 0 bridgehead atoms. The summed E-state index contributed by atoms with van der Waals surface area (Å²) in [5.41, 5.74) is -0.00859. The standard InChI is InChI=1S/C10H18N2O/c1-3-4-9(13)12-10(2)5-7-11-8-6-10/h3,11H,1,4-8H2,2H3,(H,12,13). The molecular weight excluding hydrogens is 164 g/mol. The van der Waals surface area contributed by atoms with E-state index in [1.54, 1.807) is 6.08 Å². The Hall–Kier alpha value is -0.830. The van der Waals surface area contributed by atoms with Gasteiger partial charge in [-0.3, -0.25) is 4.79 Å². The lowest BCUT2D eigenvalue weighted by Gasteiger charge is -2.34. The van der Waals surface area contributed by atoms with Crippen LogP contribution in [0.1, 0.15) is 26.2 Å². The Morgan fingerprint density at radius 2 is 2.23 bits per heavy atom. The number of hydrogen-bond donors (Lipinski definition) is 2. The van der Waals surface area contributed by atoms with Gasteiger partial charge in [0.2, 0.25) is 5.91 Å². The van der Waals surface area contributed by atoms with Crippen molar-refractivity contribution in [1.82, 2.24) is 10.6 Å². The van der Waals surface area contributed by atoms with Gasteiger partial charge in [-0.05, 0) is 32.9 Å². The van der Waals surface area contributed by atoms with Crippen LogP contribution in [0.5, 0.6) is 0 Å². The van der Waals surface area contributed by atoms with E-state index in [0.717, 1.165) is 25.9 Å². The molecular formula is C10H18N2O. The van der Waals surface area contributed by atoms with Gasteiger partial charge in [-0.25, -0.2) is 0 Å². The molecule has 0 atom stereocenters. The third kappa shape index (κ3) is 3.19. The predicted molar refractivity (Wildman–Crippen MR) is 53.5 cm³/mol. The lowest BCUT2D eigenvalue weighted by atomic mass is 9.90. The third-order valence-corrected chi connectivity index (χ3v) is 2.48. The summed E-state index contributed by atoms with van der Waals surface area (Å²) in [5.74, 6) is 0.0828. The molecule has 0 aromatic carbocycles. The molecule has 0 aromatic heterocycles. The van der Waals surface area contributed by atoms with Gasteiger partial charge in [0.05, 0.1) is 0 Å². The van der Waals surface area contributed by atoms with E-state index >= 15 is 0 Å². The molecule has 0 aliphatic carbocycles. The van der Waals surface area contributed by atoms with Crippen LogP contribution in [0.25, 0.3) is 0 Å². The molecule has 0 spiro atoms. The van der Waals surface area contributed by atoms with Gasteiger partial charge in [0.15, 0.2) is 0 Å². The third-order valence-electron chi connectivity index (χ3n) is 2.48. The first kappa shape index (κ1) is 10.3. The molecule has 1 fully saturated rings. The zero-order valence-electron chi connectivity index (χ0n) is 8.23. The average molecular weight is 182 g/mol. The van der Waals surface area contributed by atoms with Crippen LogP contribution in [-0.2, 0) is 4.79 Å². The quantitative estimate of drug-likeness (QED) is 0.634.